The second-order valence-electron chi connectivity index (χ2n) is 5.95. The number of benzene rings is 1. The molecule has 6 nitrogen and oxygen atoms in total. The zero-order valence-electron chi connectivity index (χ0n) is 13.2. The maximum atomic E-state index is 12.3. The van der Waals surface area contributed by atoms with E-state index in [1.54, 1.807) is 24.3 Å². The third kappa shape index (κ3) is 4.81. The van der Waals surface area contributed by atoms with E-state index < -0.39 is 17.9 Å². The molecule has 0 saturated heterocycles. The molecule has 0 spiro atoms. The Morgan fingerprint density at radius 2 is 1.70 bits per heavy atom. The molecule has 3 N–H and O–H groups in total. The van der Waals surface area contributed by atoms with Gasteiger partial charge in [-0.2, -0.15) is 0 Å². The monoisotopic (exact) mass is 318 g/mol. The molecule has 2 rings (SSSR count). The molecule has 1 aliphatic carbocycles. The lowest BCUT2D eigenvalue weighted by molar-refractivity contribution is -0.141. The zero-order valence-corrected chi connectivity index (χ0v) is 13.2. The standard InChI is InChI=1S/C17H22N2O4/c1-11(20)18-14-9-7-13(8-10-14)16(21)19-15(17(22)23)12-5-3-2-4-6-12/h7-10,12,15H,2-6H2,1H3,(H,18,20)(H,19,21)(H,22,23)/t15-/m0/s1. The molecule has 0 bridgehead atoms. The van der Waals surface area contributed by atoms with Gasteiger partial charge in [0.15, 0.2) is 0 Å². The van der Waals surface area contributed by atoms with Crippen molar-refractivity contribution in [3.05, 3.63) is 29.8 Å². The molecule has 0 aliphatic heterocycles. The van der Waals surface area contributed by atoms with Gasteiger partial charge in [-0.05, 0) is 43.0 Å². The number of aliphatic carboxylic acids is 1. The minimum atomic E-state index is -0.986. The summed E-state index contributed by atoms with van der Waals surface area (Å²) >= 11 is 0. The number of carbonyl (C=O) groups excluding carboxylic acids is 2. The Labute approximate surface area is 135 Å². The Balaban J connectivity index is 2.03. The fraction of sp³-hybridized carbons (Fsp3) is 0.471. The molecule has 0 radical (unpaired) electrons. The van der Waals surface area contributed by atoms with Crippen molar-refractivity contribution in [2.75, 3.05) is 5.32 Å². The Morgan fingerprint density at radius 1 is 1.09 bits per heavy atom. The summed E-state index contributed by atoms with van der Waals surface area (Å²) in [5, 5.41) is 14.7. The fourth-order valence-electron chi connectivity index (χ4n) is 2.98. The van der Waals surface area contributed by atoms with Crippen LogP contribution in [0.2, 0.25) is 0 Å². The van der Waals surface area contributed by atoms with Crippen molar-refractivity contribution in [1.29, 1.82) is 0 Å². The second kappa shape index (κ2) is 7.76. The number of carboxylic acid groups (broad SMARTS) is 1. The Hall–Kier alpha value is -2.37. The van der Waals surface area contributed by atoms with Gasteiger partial charge in [0, 0.05) is 18.2 Å². The Kier molecular flexibility index (Phi) is 5.73. The van der Waals surface area contributed by atoms with Crippen molar-refractivity contribution >= 4 is 23.5 Å². The highest BCUT2D eigenvalue weighted by molar-refractivity contribution is 5.97. The highest BCUT2D eigenvalue weighted by Gasteiger charge is 2.30. The van der Waals surface area contributed by atoms with Crippen molar-refractivity contribution in [3.63, 3.8) is 0 Å². The summed E-state index contributed by atoms with van der Waals surface area (Å²) in [6.45, 7) is 1.41. The summed E-state index contributed by atoms with van der Waals surface area (Å²) in [6.07, 6.45) is 4.81. The maximum Gasteiger partial charge on any atom is 0.326 e. The molecule has 6 heteroatoms. The number of hydrogen-bond acceptors (Lipinski definition) is 3. The first kappa shape index (κ1) is 17.0. The van der Waals surface area contributed by atoms with Crippen molar-refractivity contribution in [1.82, 2.24) is 5.32 Å². The average molecular weight is 318 g/mol. The topological polar surface area (TPSA) is 95.5 Å². The third-order valence-corrected chi connectivity index (χ3v) is 4.14. The maximum absolute atomic E-state index is 12.3. The molecule has 1 aromatic rings. The van der Waals surface area contributed by atoms with E-state index in [-0.39, 0.29) is 11.8 Å². The van der Waals surface area contributed by atoms with Crippen LogP contribution < -0.4 is 10.6 Å². The molecule has 1 atom stereocenters. The summed E-state index contributed by atoms with van der Waals surface area (Å²) in [5.74, 6) is -1.59. The van der Waals surface area contributed by atoms with E-state index in [2.05, 4.69) is 10.6 Å². The van der Waals surface area contributed by atoms with E-state index in [0.717, 1.165) is 32.1 Å². The summed E-state index contributed by atoms with van der Waals surface area (Å²) < 4.78 is 0. The largest absolute Gasteiger partial charge is 0.480 e. The molecule has 0 heterocycles. The van der Waals surface area contributed by atoms with Gasteiger partial charge in [0.05, 0.1) is 0 Å². The number of carboxylic acids is 1. The minimum absolute atomic E-state index is 0.0103. The smallest absolute Gasteiger partial charge is 0.326 e. The minimum Gasteiger partial charge on any atom is -0.480 e. The SMILES string of the molecule is CC(=O)Nc1ccc(C(=O)N[C@H](C(=O)O)C2CCCCC2)cc1. The molecule has 2 amide bonds. The second-order valence-corrected chi connectivity index (χ2v) is 5.95. The van der Waals surface area contributed by atoms with Crippen LogP contribution in [0.3, 0.4) is 0 Å². The van der Waals surface area contributed by atoms with E-state index in [1.165, 1.54) is 6.92 Å². The van der Waals surface area contributed by atoms with Gasteiger partial charge < -0.3 is 15.7 Å². The van der Waals surface area contributed by atoms with Crippen LogP contribution in [-0.2, 0) is 9.59 Å². The van der Waals surface area contributed by atoms with E-state index >= 15 is 0 Å². The highest BCUT2D eigenvalue weighted by atomic mass is 16.4. The first-order valence-electron chi connectivity index (χ1n) is 7.88. The van der Waals surface area contributed by atoms with E-state index in [4.69, 9.17) is 0 Å². The van der Waals surface area contributed by atoms with Crippen LogP contribution >= 0.6 is 0 Å². The predicted molar refractivity (Wildman–Crippen MR) is 86.2 cm³/mol. The Morgan fingerprint density at radius 3 is 2.22 bits per heavy atom. The number of carbonyl (C=O) groups is 3. The first-order valence-corrected chi connectivity index (χ1v) is 7.88. The molecule has 124 valence electrons. The number of hydrogen-bond donors (Lipinski definition) is 3. The van der Waals surface area contributed by atoms with Crippen LogP contribution in [0.25, 0.3) is 0 Å². The van der Waals surface area contributed by atoms with Gasteiger partial charge in [-0.3, -0.25) is 9.59 Å². The van der Waals surface area contributed by atoms with Crippen LogP contribution in [0.4, 0.5) is 5.69 Å². The summed E-state index contributed by atoms with van der Waals surface area (Å²) in [5.41, 5.74) is 0.970. The van der Waals surface area contributed by atoms with Gasteiger partial charge in [-0.15, -0.1) is 0 Å². The van der Waals surface area contributed by atoms with Crippen LogP contribution in [0, 0.1) is 5.92 Å². The lowest BCUT2D eigenvalue weighted by atomic mass is 9.84. The lowest BCUT2D eigenvalue weighted by Crippen LogP contribution is -2.46. The van der Waals surface area contributed by atoms with Crippen LogP contribution in [0.5, 0.6) is 0 Å². The molecule has 1 saturated carbocycles. The van der Waals surface area contributed by atoms with Gasteiger partial charge in [0.2, 0.25) is 5.91 Å². The molecule has 1 aromatic carbocycles. The molecule has 0 aromatic heterocycles. The molecule has 1 aliphatic rings. The van der Waals surface area contributed by atoms with Crippen molar-refractivity contribution in [3.8, 4) is 0 Å². The Bertz CT molecular complexity index is 577. The third-order valence-electron chi connectivity index (χ3n) is 4.14. The molecular weight excluding hydrogens is 296 g/mol. The molecule has 0 unspecified atom stereocenters. The van der Waals surface area contributed by atoms with Crippen LogP contribution in [0.15, 0.2) is 24.3 Å². The van der Waals surface area contributed by atoms with Crippen LogP contribution in [0.1, 0.15) is 49.4 Å². The number of rotatable bonds is 5. The highest BCUT2D eigenvalue weighted by Crippen LogP contribution is 2.27. The quantitative estimate of drug-likeness (QED) is 0.777. The van der Waals surface area contributed by atoms with Crippen molar-refractivity contribution in [2.45, 2.75) is 45.1 Å². The van der Waals surface area contributed by atoms with E-state index in [0.29, 0.717) is 11.3 Å². The number of nitrogens with one attached hydrogen (secondary N) is 2. The molecule has 1 fully saturated rings. The predicted octanol–water partition coefficient (Wildman–Crippen LogP) is 2.41. The van der Waals surface area contributed by atoms with Gasteiger partial charge >= 0.3 is 5.97 Å². The average Bonchev–Trinajstić information content (AvgIpc) is 2.53. The van der Waals surface area contributed by atoms with E-state index in [1.807, 2.05) is 0 Å². The van der Waals surface area contributed by atoms with Gasteiger partial charge in [-0.1, -0.05) is 19.3 Å². The fourth-order valence-corrected chi connectivity index (χ4v) is 2.98. The summed E-state index contributed by atoms with van der Waals surface area (Å²) in [6, 6.07) is 5.53. The zero-order chi connectivity index (χ0) is 16.8. The first-order chi connectivity index (χ1) is 11.0. The van der Waals surface area contributed by atoms with Gasteiger partial charge in [-0.25, -0.2) is 4.79 Å². The molecule has 23 heavy (non-hydrogen) atoms. The van der Waals surface area contributed by atoms with E-state index in [9.17, 15) is 19.5 Å². The van der Waals surface area contributed by atoms with Gasteiger partial charge in [0.1, 0.15) is 6.04 Å². The summed E-state index contributed by atoms with van der Waals surface area (Å²) in [7, 11) is 0. The summed E-state index contributed by atoms with van der Waals surface area (Å²) in [4.78, 5) is 34.7. The van der Waals surface area contributed by atoms with Crippen molar-refractivity contribution in [2.24, 2.45) is 5.92 Å². The molecular formula is C17H22N2O4. The normalized spacial score (nSPS) is 16.4. The van der Waals surface area contributed by atoms with Gasteiger partial charge in [0.25, 0.3) is 5.91 Å². The van der Waals surface area contributed by atoms with Crippen molar-refractivity contribution < 1.29 is 19.5 Å². The lowest BCUT2D eigenvalue weighted by Gasteiger charge is -2.28. The number of amides is 2. The van der Waals surface area contributed by atoms with Crippen LogP contribution in [-0.4, -0.2) is 28.9 Å². The number of anilines is 1.